The molecule has 6 atom stereocenters. The zero-order valence-corrected chi connectivity index (χ0v) is 12.7. The van der Waals surface area contributed by atoms with Gasteiger partial charge in [-0.1, -0.05) is 0 Å². The van der Waals surface area contributed by atoms with Crippen molar-refractivity contribution in [2.45, 2.75) is 63.0 Å². The van der Waals surface area contributed by atoms with Crippen LogP contribution in [0.25, 0.3) is 0 Å². The number of cyclic esters (lactones) is 1. The quantitative estimate of drug-likeness (QED) is 0.453. The summed E-state index contributed by atoms with van der Waals surface area (Å²) in [7, 11) is 0. The highest BCUT2D eigenvalue weighted by atomic mass is 16.7. The summed E-state index contributed by atoms with van der Waals surface area (Å²) < 4.78 is 15.9. The average molecular weight is 320 g/mol. The van der Waals surface area contributed by atoms with E-state index in [4.69, 9.17) is 19.3 Å². The highest BCUT2D eigenvalue weighted by molar-refractivity contribution is 5.72. The summed E-state index contributed by atoms with van der Waals surface area (Å²) in [5.74, 6) is -0.257. The van der Waals surface area contributed by atoms with Crippen molar-refractivity contribution in [2.75, 3.05) is 13.2 Å². The first-order chi connectivity index (χ1) is 10.3. The molecule has 0 spiro atoms. The maximum Gasteiger partial charge on any atom is 0.306 e. The van der Waals surface area contributed by atoms with Crippen molar-refractivity contribution in [2.24, 2.45) is 5.92 Å². The van der Waals surface area contributed by atoms with Crippen molar-refractivity contribution < 1.29 is 39.4 Å². The van der Waals surface area contributed by atoms with Crippen LogP contribution in [0.3, 0.4) is 0 Å². The number of rotatable bonds is 5. The van der Waals surface area contributed by atoms with Gasteiger partial charge in [0, 0.05) is 5.92 Å². The molecule has 0 aromatic rings. The SMILES string of the molecule is CC1(C)OC(=O)C[C@H]1CCO[C@@H]1O[C@H](CO)[C@@H](O)[C@H](O)[C@H]1O. The van der Waals surface area contributed by atoms with Gasteiger partial charge in [0.05, 0.1) is 19.6 Å². The van der Waals surface area contributed by atoms with E-state index in [1.807, 2.05) is 13.8 Å². The van der Waals surface area contributed by atoms with Crippen LogP contribution in [0.4, 0.5) is 0 Å². The smallest absolute Gasteiger partial charge is 0.306 e. The fourth-order valence-corrected chi connectivity index (χ4v) is 2.85. The van der Waals surface area contributed by atoms with Crippen LogP contribution < -0.4 is 0 Å². The number of carbonyl (C=O) groups is 1. The van der Waals surface area contributed by atoms with Gasteiger partial charge in [-0.2, -0.15) is 0 Å². The summed E-state index contributed by atoms with van der Waals surface area (Å²) in [6.07, 6.45) is -5.57. The van der Waals surface area contributed by atoms with Crippen LogP contribution in [-0.4, -0.2) is 75.9 Å². The zero-order valence-electron chi connectivity index (χ0n) is 12.7. The first-order valence-electron chi connectivity index (χ1n) is 7.40. The van der Waals surface area contributed by atoms with E-state index < -0.39 is 42.9 Å². The lowest BCUT2D eigenvalue weighted by atomic mass is 9.88. The molecule has 0 unspecified atom stereocenters. The minimum Gasteiger partial charge on any atom is -0.459 e. The molecule has 2 saturated heterocycles. The van der Waals surface area contributed by atoms with Crippen molar-refractivity contribution in [3.05, 3.63) is 0 Å². The Balaban J connectivity index is 1.84. The van der Waals surface area contributed by atoms with E-state index in [-0.39, 0.29) is 18.5 Å². The van der Waals surface area contributed by atoms with Crippen LogP contribution in [0.1, 0.15) is 26.7 Å². The summed E-state index contributed by atoms with van der Waals surface area (Å²) in [6, 6.07) is 0. The Hall–Kier alpha value is -0.770. The van der Waals surface area contributed by atoms with Gasteiger partial charge in [-0.3, -0.25) is 4.79 Å². The Morgan fingerprint density at radius 3 is 2.45 bits per heavy atom. The molecular formula is C14H24O8. The lowest BCUT2D eigenvalue weighted by Gasteiger charge is -2.39. The topological polar surface area (TPSA) is 126 Å². The number of ether oxygens (including phenoxy) is 3. The number of esters is 1. The van der Waals surface area contributed by atoms with Crippen molar-refractivity contribution >= 4 is 5.97 Å². The third-order valence-electron chi connectivity index (χ3n) is 4.37. The fourth-order valence-electron chi connectivity index (χ4n) is 2.85. The number of carbonyl (C=O) groups excluding carboxylic acids is 1. The Labute approximate surface area is 128 Å². The van der Waals surface area contributed by atoms with Gasteiger partial charge in [0.15, 0.2) is 6.29 Å². The average Bonchev–Trinajstić information content (AvgIpc) is 2.71. The molecule has 0 radical (unpaired) electrons. The minimum absolute atomic E-state index is 0.00936. The van der Waals surface area contributed by atoms with E-state index in [0.29, 0.717) is 12.8 Å². The molecule has 2 heterocycles. The van der Waals surface area contributed by atoms with Gasteiger partial charge in [-0.25, -0.2) is 0 Å². The fraction of sp³-hybridized carbons (Fsp3) is 0.929. The molecule has 4 N–H and O–H groups in total. The lowest BCUT2D eigenvalue weighted by Crippen LogP contribution is -2.59. The molecule has 8 nitrogen and oxygen atoms in total. The maximum atomic E-state index is 11.3. The van der Waals surface area contributed by atoms with Gasteiger partial charge in [-0.15, -0.1) is 0 Å². The van der Waals surface area contributed by atoms with Crippen LogP contribution in [0, 0.1) is 5.92 Å². The van der Waals surface area contributed by atoms with Crippen molar-refractivity contribution in [3.63, 3.8) is 0 Å². The number of hydrogen-bond donors (Lipinski definition) is 4. The largest absolute Gasteiger partial charge is 0.459 e. The molecule has 0 aromatic heterocycles. The zero-order chi connectivity index (χ0) is 16.5. The number of hydrogen-bond acceptors (Lipinski definition) is 8. The third kappa shape index (κ3) is 3.58. The summed E-state index contributed by atoms with van der Waals surface area (Å²) in [4.78, 5) is 11.3. The molecule has 8 heteroatoms. The van der Waals surface area contributed by atoms with E-state index >= 15 is 0 Å². The van der Waals surface area contributed by atoms with Crippen LogP contribution >= 0.6 is 0 Å². The van der Waals surface area contributed by atoms with E-state index in [9.17, 15) is 20.1 Å². The van der Waals surface area contributed by atoms with Crippen LogP contribution in [0.15, 0.2) is 0 Å². The van der Waals surface area contributed by atoms with Crippen molar-refractivity contribution in [3.8, 4) is 0 Å². The minimum atomic E-state index is -1.45. The van der Waals surface area contributed by atoms with Gasteiger partial charge in [-0.05, 0) is 20.3 Å². The standard InChI is InChI=1S/C14H24O8/c1-14(2)7(5-9(16)22-14)3-4-20-13-12(19)11(18)10(17)8(6-15)21-13/h7-8,10-13,15,17-19H,3-6H2,1-2H3/t7-,8-,10-,11+,12-,13-/m1/s1. The second-order valence-electron chi connectivity index (χ2n) is 6.34. The van der Waals surface area contributed by atoms with Crippen molar-refractivity contribution in [1.82, 2.24) is 0 Å². The van der Waals surface area contributed by atoms with Gasteiger partial charge in [0.2, 0.25) is 0 Å². The van der Waals surface area contributed by atoms with E-state index in [1.165, 1.54) is 0 Å². The Kier molecular flexibility index (Phi) is 5.41. The Bertz CT molecular complexity index is 396. The van der Waals surface area contributed by atoms with Gasteiger partial charge in [0.25, 0.3) is 0 Å². The maximum absolute atomic E-state index is 11.3. The third-order valence-corrected chi connectivity index (χ3v) is 4.37. The molecular weight excluding hydrogens is 296 g/mol. The molecule has 2 rings (SSSR count). The van der Waals surface area contributed by atoms with Gasteiger partial charge >= 0.3 is 5.97 Å². The summed E-state index contributed by atoms with van der Waals surface area (Å²) in [6.45, 7) is 3.35. The van der Waals surface area contributed by atoms with Crippen LogP contribution in [0.5, 0.6) is 0 Å². The van der Waals surface area contributed by atoms with E-state index in [1.54, 1.807) is 0 Å². The molecule has 0 amide bonds. The predicted molar refractivity (Wildman–Crippen MR) is 72.6 cm³/mol. The van der Waals surface area contributed by atoms with Crippen molar-refractivity contribution in [1.29, 1.82) is 0 Å². The highest BCUT2D eigenvalue weighted by Gasteiger charge is 2.45. The molecule has 2 aliphatic heterocycles. The molecule has 0 aliphatic carbocycles. The van der Waals surface area contributed by atoms with Crippen LogP contribution in [-0.2, 0) is 19.0 Å². The Morgan fingerprint density at radius 2 is 1.91 bits per heavy atom. The predicted octanol–water partition coefficient (Wildman–Crippen LogP) is -1.47. The number of aliphatic hydroxyl groups is 4. The molecule has 22 heavy (non-hydrogen) atoms. The first kappa shape index (κ1) is 17.6. The first-order valence-corrected chi connectivity index (χ1v) is 7.40. The van der Waals surface area contributed by atoms with E-state index in [0.717, 1.165) is 0 Å². The molecule has 2 fully saturated rings. The van der Waals surface area contributed by atoms with Gasteiger partial charge in [0.1, 0.15) is 30.0 Å². The summed E-state index contributed by atoms with van der Waals surface area (Å²) >= 11 is 0. The highest BCUT2D eigenvalue weighted by Crippen LogP contribution is 2.35. The normalized spacial score (nSPS) is 41.5. The molecule has 2 aliphatic rings. The second kappa shape index (κ2) is 6.77. The number of aliphatic hydroxyl groups excluding tert-OH is 4. The molecule has 0 aromatic carbocycles. The second-order valence-corrected chi connectivity index (χ2v) is 6.34. The molecule has 0 bridgehead atoms. The molecule has 128 valence electrons. The Morgan fingerprint density at radius 1 is 1.23 bits per heavy atom. The summed E-state index contributed by atoms with van der Waals surface area (Å²) in [5, 5.41) is 38.3. The van der Waals surface area contributed by atoms with Gasteiger partial charge < -0.3 is 34.6 Å². The van der Waals surface area contributed by atoms with Crippen LogP contribution in [0.2, 0.25) is 0 Å². The molecule has 0 saturated carbocycles. The lowest BCUT2D eigenvalue weighted by molar-refractivity contribution is -0.301. The van der Waals surface area contributed by atoms with E-state index in [2.05, 4.69) is 0 Å². The monoisotopic (exact) mass is 320 g/mol. The summed E-state index contributed by atoms with van der Waals surface area (Å²) in [5.41, 5.74) is -0.560.